The van der Waals surface area contributed by atoms with Gasteiger partial charge in [-0.05, 0) is 13.8 Å². The third-order valence-corrected chi connectivity index (χ3v) is 1.99. The lowest BCUT2D eigenvalue weighted by atomic mass is 10.2. The van der Waals surface area contributed by atoms with E-state index in [2.05, 4.69) is 11.3 Å². The van der Waals surface area contributed by atoms with Crippen LogP contribution < -0.4 is 5.32 Å². The summed E-state index contributed by atoms with van der Waals surface area (Å²) in [6.45, 7) is 7.74. The summed E-state index contributed by atoms with van der Waals surface area (Å²) in [5.41, 5.74) is 0.356. The van der Waals surface area contributed by atoms with Crippen LogP contribution in [-0.2, 0) is 23.9 Å². The minimum atomic E-state index is -0.411. The van der Waals surface area contributed by atoms with Crippen molar-refractivity contribution < 1.29 is 23.9 Å². The van der Waals surface area contributed by atoms with Gasteiger partial charge in [-0.3, -0.25) is 14.9 Å². The molecule has 0 radical (unpaired) electrons. The van der Waals surface area contributed by atoms with E-state index in [1.807, 2.05) is 12.2 Å². The second-order valence-electron chi connectivity index (χ2n) is 3.30. The average molecular weight is 255 g/mol. The summed E-state index contributed by atoms with van der Waals surface area (Å²) in [6, 6.07) is 0. The van der Waals surface area contributed by atoms with Crippen molar-refractivity contribution in [3.63, 3.8) is 0 Å². The predicted molar refractivity (Wildman–Crippen MR) is 64.5 cm³/mol. The molecule has 0 spiro atoms. The van der Waals surface area contributed by atoms with Gasteiger partial charge in [-0.2, -0.15) is 0 Å². The molecule has 6 heteroatoms. The van der Waals surface area contributed by atoms with Crippen molar-refractivity contribution in [1.82, 2.24) is 5.32 Å². The predicted octanol–water partition coefficient (Wildman–Crippen LogP) is 0.340. The summed E-state index contributed by atoms with van der Waals surface area (Å²) in [6.07, 6.45) is 2.14. The van der Waals surface area contributed by atoms with Crippen molar-refractivity contribution in [2.24, 2.45) is 0 Å². The first kappa shape index (κ1) is 16.1. The number of carbonyl (C=O) groups is 3. The largest absolute Gasteiger partial charge is 0.466 e. The standard InChI is InChI=1S/C8H14O3.C4H3NO2/c1-5-11-7(3)6(2)8(9)10-4;6-3-1-2-4(7)5-3/h7H,2,5H2,1,3-4H3;1-2H,(H,5,6,7). The minimum absolute atomic E-state index is 0.257. The number of amides is 2. The molecule has 0 aliphatic carbocycles. The Morgan fingerprint density at radius 1 is 1.39 bits per heavy atom. The first-order chi connectivity index (χ1) is 8.42. The Kier molecular flexibility index (Phi) is 7.30. The number of imide groups is 1. The van der Waals surface area contributed by atoms with E-state index in [0.717, 1.165) is 0 Å². The number of methoxy groups -OCH3 is 1. The molecule has 6 nitrogen and oxygen atoms in total. The lowest BCUT2D eigenvalue weighted by molar-refractivity contribution is -0.137. The van der Waals surface area contributed by atoms with Gasteiger partial charge in [0.15, 0.2) is 0 Å². The second kappa shape index (κ2) is 8.19. The summed E-state index contributed by atoms with van der Waals surface area (Å²) in [5, 5.41) is 2.03. The van der Waals surface area contributed by atoms with Gasteiger partial charge in [0.2, 0.25) is 0 Å². The Labute approximate surface area is 106 Å². The fraction of sp³-hybridized carbons (Fsp3) is 0.417. The number of ether oxygens (including phenoxy) is 2. The van der Waals surface area contributed by atoms with E-state index in [1.165, 1.54) is 19.3 Å². The highest BCUT2D eigenvalue weighted by Crippen LogP contribution is 2.04. The van der Waals surface area contributed by atoms with Crippen LogP contribution >= 0.6 is 0 Å². The lowest BCUT2D eigenvalue weighted by Gasteiger charge is -2.11. The Morgan fingerprint density at radius 3 is 2.17 bits per heavy atom. The van der Waals surface area contributed by atoms with Gasteiger partial charge in [-0.1, -0.05) is 6.58 Å². The van der Waals surface area contributed by atoms with E-state index in [-0.39, 0.29) is 17.9 Å². The molecular weight excluding hydrogens is 238 g/mol. The molecule has 1 heterocycles. The van der Waals surface area contributed by atoms with Gasteiger partial charge in [-0.15, -0.1) is 0 Å². The van der Waals surface area contributed by atoms with Crippen molar-refractivity contribution in [3.05, 3.63) is 24.3 Å². The Morgan fingerprint density at radius 2 is 1.89 bits per heavy atom. The van der Waals surface area contributed by atoms with E-state index in [4.69, 9.17) is 4.74 Å². The summed E-state index contributed by atoms with van der Waals surface area (Å²) in [5.74, 6) is -1.07. The SMILES string of the molecule is C=C(C(=O)OC)C(C)OCC.O=C1C=CC(=O)N1. The van der Waals surface area contributed by atoms with Crippen molar-refractivity contribution >= 4 is 17.8 Å². The van der Waals surface area contributed by atoms with Crippen LogP contribution in [0.4, 0.5) is 0 Å². The van der Waals surface area contributed by atoms with E-state index in [9.17, 15) is 14.4 Å². The van der Waals surface area contributed by atoms with Crippen LogP contribution in [-0.4, -0.2) is 37.6 Å². The first-order valence-corrected chi connectivity index (χ1v) is 5.34. The number of rotatable bonds is 4. The van der Waals surface area contributed by atoms with E-state index >= 15 is 0 Å². The lowest BCUT2D eigenvalue weighted by Crippen LogP contribution is -2.19. The van der Waals surface area contributed by atoms with Crippen molar-refractivity contribution in [2.45, 2.75) is 20.0 Å². The van der Waals surface area contributed by atoms with Crippen LogP contribution in [0, 0.1) is 0 Å². The Balaban J connectivity index is 0.000000351. The molecule has 0 aromatic heterocycles. The summed E-state index contributed by atoms with van der Waals surface area (Å²) in [7, 11) is 1.33. The monoisotopic (exact) mass is 255 g/mol. The van der Waals surface area contributed by atoms with Crippen molar-refractivity contribution in [3.8, 4) is 0 Å². The number of hydrogen-bond acceptors (Lipinski definition) is 5. The maximum absolute atomic E-state index is 10.8. The zero-order chi connectivity index (χ0) is 14.1. The normalized spacial score (nSPS) is 14.4. The number of nitrogens with one attached hydrogen (secondary N) is 1. The summed E-state index contributed by atoms with van der Waals surface area (Å²) in [4.78, 5) is 30.9. The molecule has 1 unspecified atom stereocenters. The third kappa shape index (κ3) is 5.95. The number of hydrogen-bond donors (Lipinski definition) is 1. The first-order valence-electron chi connectivity index (χ1n) is 5.34. The molecule has 1 aliphatic rings. The summed E-state index contributed by atoms with van der Waals surface area (Å²) >= 11 is 0. The van der Waals surface area contributed by atoms with Crippen molar-refractivity contribution in [2.75, 3.05) is 13.7 Å². The van der Waals surface area contributed by atoms with Crippen LogP contribution in [0.25, 0.3) is 0 Å². The van der Waals surface area contributed by atoms with Gasteiger partial charge in [0.05, 0.1) is 18.8 Å². The summed E-state index contributed by atoms with van der Waals surface area (Å²) < 4.78 is 9.59. The maximum atomic E-state index is 10.8. The minimum Gasteiger partial charge on any atom is -0.466 e. The molecule has 0 bridgehead atoms. The van der Waals surface area contributed by atoms with Crippen LogP contribution in [0.1, 0.15) is 13.8 Å². The molecule has 1 N–H and O–H groups in total. The van der Waals surface area contributed by atoms with Crippen molar-refractivity contribution in [1.29, 1.82) is 0 Å². The van der Waals surface area contributed by atoms with E-state index < -0.39 is 5.97 Å². The quantitative estimate of drug-likeness (QED) is 0.445. The molecule has 1 rings (SSSR count). The molecular formula is C12H17NO5. The molecule has 2 amide bonds. The van der Waals surface area contributed by atoms with E-state index in [1.54, 1.807) is 6.92 Å². The fourth-order valence-corrected chi connectivity index (χ4v) is 1.00. The average Bonchev–Trinajstić information content (AvgIpc) is 2.72. The number of esters is 1. The van der Waals surface area contributed by atoms with Gasteiger partial charge >= 0.3 is 5.97 Å². The highest BCUT2D eigenvalue weighted by atomic mass is 16.5. The molecule has 0 saturated carbocycles. The van der Waals surface area contributed by atoms with E-state index in [0.29, 0.717) is 12.2 Å². The van der Waals surface area contributed by atoms with Crippen LogP contribution in [0.3, 0.4) is 0 Å². The molecule has 1 aliphatic heterocycles. The Bertz CT molecular complexity index is 357. The topological polar surface area (TPSA) is 81.7 Å². The van der Waals surface area contributed by atoms with Gasteiger partial charge in [-0.25, -0.2) is 4.79 Å². The fourth-order valence-electron chi connectivity index (χ4n) is 1.00. The number of carbonyl (C=O) groups excluding carboxylic acids is 3. The second-order valence-corrected chi connectivity index (χ2v) is 3.30. The molecule has 0 aromatic carbocycles. The molecule has 0 fully saturated rings. The molecule has 18 heavy (non-hydrogen) atoms. The van der Waals surface area contributed by atoms with Crippen LogP contribution in [0.2, 0.25) is 0 Å². The van der Waals surface area contributed by atoms with Gasteiger partial charge in [0.1, 0.15) is 0 Å². The van der Waals surface area contributed by atoms with Gasteiger partial charge < -0.3 is 9.47 Å². The molecule has 0 aromatic rings. The smallest absolute Gasteiger partial charge is 0.335 e. The molecule has 100 valence electrons. The van der Waals surface area contributed by atoms with Crippen LogP contribution in [0.15, 0.2) is 24.3 Å². The van der Waals surface area contributed by atoms with Gasteiger partial charge in [0, 0.05) is 18.8 Å². The zero-order valence-corrected chi connectivity index (χ0v) is 10.7. The molecule has 1 atom stereocenters. The Hall–Kier alpha value is -1.95. The van der Waals surface area contributed by atoms with Crippen LogP contribution in [0.5, 0.6) is 0 Å². The van der Waals surface area contributed by atoms with Gasteiger partial charge in [0.25, 0.3) is 11.8 Å². The molecule has 0 saturated heterocycles. The highest BCUT2D eigenvalue weighted by molar-refractivity contribution is 6.12. The third-order valence-electron chi connectivity index (χ3n) is 1.99. The maximum Gasteiger partial charge on any atom is 0.335 e. The zero-order valence-electron chi connectivity index (χ0n) is 10.7. The highest BCUT2D eigenvalue weighted by Gasteiger charge is 2.14.